The normalized spacial score (nSPS) is 12.3. The number of oxazole rings is 1. The zero-order valence-electron chi connectivity index (χ0n) is 13.6. The number of anilines is 2. The molecule has 0 radical (unpaired) electrons. The van der Waals surface area contributed by atoms with Gasteiger partial charge in [-0.1, -0.05) is 24.3 Å². The fraction of sp³-hybridized carbons (Fsp3) is 0.278. The van der Waals surface area contributed by atoms with Crippen LogP contribution in [0.1, 0.15) is 24.1 Å². The van der Waals surface area contributed by atoms with Gasteiger partial charge in [-0.05, 0) is 36.2 Å². The number of aliphatic hydroxyl groups excluding tert-OH is 1. The maximum atomic E-state index is 9.26. The molecule has 0 amide bonds. The molecule has 0 saturated heterocycles. The minimum atomic E-state index is 0.0543. The molecule has 0 aliphatic rings. The van der Waals surface area contributed by atoms with E-state index in [1.807, 2.05) is 55.4 Å². The van der Waals surface area contributed by atoms with Gasteiger partial charge >= 0.3 is 0 Å². The van der Waals surface area contributed by atoms with Gasteiger partial charge in [0.1, 0.15) is 5.52 Å². The van der Waals surface area contributed by atoms with Crippen LogP contribution in [0.5, 0.6) is 0 Å². The van der Waals surface area contributed by atoms with E-state index in [1.165, 1.54) is 0 Å². The van der Waals surface area contributed by atoms with E-state index < -0.39 is 0 Å². The van der Waals surface area contributed by atoms with E-state index in [2.05, 4.69) is 23.3 Å². The molecule has 5 heteroatoms. The summed E-state index contributed by atoms with van der Waals surface area (Å²) in [5, 5.41) is 12.7. The SMILES string of the molecule is CC(Nc1ccc2oc(N(C)C)nc2c1)c1cccc(CO)c1. The molecule has 0 aliphatic heterocycles. The predicted molar refractivity (Wildman–Crippen MR) is 92.7 cm³/mol. The molecule has 3 aromatic rings. The summed E-state index contributed by atoms with van der Waals surface area (Å²) >= 11 is 0. The van der Waals surface area contributed by atoms with E-state index in [9.17, 15) is 5.11 Å². The zero-order chi connectivity index (χ0) is 16.4. The van der Waals surface area contributed by atoms with E-state index in [0.29, 0.717) is 6.01 Å². The molecular weight excluding hydrogens is 290 g/mol. The zero-order valence-corrected chi connectivity index (χ0v) is 13.6. The third-order valence-corrected chi connectivity index (χ3v) is 3.78. The van der Waals surface area contributed by atoms with Crippen LogP contribution < -0.4 is 10.2 Å². The number of aliphatic hydroxyl groups is 1. The Hall–Kier alpha value is -2.53. The number of hydrogen-bond acceptors (Lipinski definition) is 5. The van der Waals surface area contributed by atoms with Crippen molar-refractivity contribution in [3.05, 3.63) is 53.6 Å². The summed E-state index contributed by atoms with van der Waals surface area (Å²) in [7, 11) is 3.81. The molecule has 0 saturated carbocycles. The summed E-state index contributed by atoms with van der Waals surface area (Å²) < 4.78 is 5.66. The number of benzene rings is 2. The topological polar surface area (TPSA) is 61.5 Å². The molecule has 2 N–H and O–H groups in total. The second-order valence-electron chi connectivity index (χ2n) is 5.84. The first-order chi connectivity index (χ1) is 11.1. The lowest BCUT2D eigenvalue weighted by Gasteiger charge is -2.16. The van der Waals surface area contributed by atoms with Gasteiger partial charge in [0.15, 0.2) is 5.58 Å². The van der Waals surface area contributed by atoms with E-state index in [1.54, 1.807) is 0 Å². The van der Waals surface area contributed by atoms with Gasteiger partial charge in [-0.15, -0.1) is 0 Å². The molecule has 0 bridgehead atoms. The quantitative estimate of drug-likeness (QED) is 0.754. The second-order valence-corrected chi connectivity index (χ2v) is 5.84. The van der Waals surface area contributed by atoms with Crippen LogP contribution in [0, 0.1) is 0 Å². The van der Waals surface area contributed by atoms with Crippen LogP contribution in [-0.4, -0.2) is 24.2 Å². The maximum Gasteiger partial charge on any atom is 0.297 e. The Balaban J connectivity index is 1.82. The van der Waals surface area contributed by atoms with Gasteiger partial charge in [0, 0.05) is 25.8 Å². The van der Waals surface area contributed by atoms with Gasteiger partial charge in [-0.2, -0.15) is 4.98 Å². The lowest BCUT2D eigenvalue weighted by molar-refractivity contribution is 0.281. The first-order valence-corrected chi connectivity index (χ1v) is 7.61. The van der Waals surface area contributed by atoms with Crippen molar-refractivity contribution in [1.82, 2.24) is 4.98 Å². The Morgan fingerprint density at radius 3 is 2.78 bits per heavy atom. The number of aromatic nitrogens is 1. The number of hydrogen-bond donors (Lipinski definition) is 2. The molecular formula is C18H21N3O2. The molecule has 1 atom stereocenters. The van der Waals surface area contributed by atoms with Crippen LogP contribution >= 0.6 is 0 Å². The van der Waals surface area contributed by atoms with Gasteiger partial charge in [0.2, 0.25) is 0 Å². The first-order valence-electron chi connectivity index (χ1n) is 7.61. The van der Waals surface area contributed by atoms with Crippen LogP contribution in [0.3, 0.4) is 0 Å². The molecule has 2 aromatic carbocycles. The summed E-state index contributed by atoms with van der Waals surface area (Å²) in [4.78, 5) is 6.31. The smallest absolute Gasteiger partial charge is 0.297 e. The van der Waals surface area contributed by atoms with Gasteiger partial charge in [0.25, 0.3) is 6.01 Å². The van der Waals surface area contributed by atoms with E-state index in [4.69, 9.17) is 4.42 Å². The van der Waals surface area contributed by atoms with Crippen molar-refractivity contribution in [2.75, 3.05) is 24.3 Å². The number of nitrogens with one attached hydrogen (secondary N) is 1. The Bertz CT molecular complexity index is 811. The van der Waals surface area contributed by atoms with Crippen molar-refractivity contribution in [2.45, 2.75) is 19.6 Å². The summed E-state index contributed by atoms with van der Waals surface area (Å²) in [6.07, 6.45) is 0. The highest BCUT2D eigenvalue weighted by Crippen LogP contribution is 2.26. The monoisotopic (exact) mass is 311 g/mol. The van der Waals surface area contributed by atoms with Crippen molar-refractivity contribution < 1.29 is 9.52 Å². The fourth-order valence-corrected chi connectivity index (χ4v) is 2.49. The van der Waals surface area contributed by atoms with Crippen molar-refractivity contribution in [1.29, 1.82) is 0 Å². The summed E-state index contributed by atoms with van der Waals surface area (Å²) in [6, 6.07) is 14.6. The van der Waals surface area contributed by atoms with Gasteiger partial charge in [-0.3, -0.25) is 0 Å². The number of fused-ring (bicyclic) bond motifs is 1. The molecule has 120 valence electrons. The minimum Gasteiger partial charge on any atom is -0.423 e. The first kappa shape index (κ1) is 15.4. The highest BCUT2D eigenvalue weighted by molar-refractivity contribution is 5.79. The largest absolute Gasteiger partial charge is 0.423 e. The standard InChI is InChI=1S/C18H21N3O2/c1-12(14-6-4-5-13(9-14)11-22)19-15-7-8-17-16(10-15)20-18(23-17)21(2)3/h4-10,12,19,22H,11H2,1-3H3. The molecule has 0 spiro atoms. The van der Waals surface area contributed by atoms with Crippen molar-refractivity contribution in [2.24, 2.45) is 0 Å². The van der Waals surface area contributed by atoms with Crippen LogP contribution in [0.2, 0.25) is 0 Å². The van der Waals surface area contributed by atoms with Crippen molar-refractivity contribution in [3.8, 4) is 0 Å². The fourth-order valence-electron chi connectivity index (χ4n) is 2.49. The summed E-state index contributed by atoms with van der Waals surface area (Å²) in [5.74, 6) is 0. The van der Waals surface area contributed by atoms with Crippen LogP contribution in [0.25, 0.3) is 11.1 Å². The third kappa shape index (κ3) is 3.29. The Labute approximate surface area is 135 Å². The maximum absolute atomic E-state index is 9.26. The molecule has 23 heavy (non-hydrogen) atoms. The molecule has 1 unspecified atom stereocenters. The third-order valence-electron chi connectivity index (χ3n) is 3.78. The lowest BCUT2D eigenvalue weighted by Crippen LogP contribution is -2.08. The lowest BCUT2D eigenvalue weighted by atomic mass is 10.1. The van der Waals surface area contributed by atoms with E-state index in [0.717, 1.165) is 27.9 Å². The summed E-state index contributed by atoms with van der Waals surface area (Å²) in [5.41, 5.74) is 4.63. The average molecular weight is 311 g/mol. The Morgan fingerprint density at radius 2 is 2.04 bits per heavy atom. The Morgan fingerprint density at radius 1 is 1.22 bits per heavy atom. The predicted octanol–water partition coefficient (Wildman–Crippen LogP) is 3.56. The van der Waals surface area contributed by atoms with Crippen LogP contribution in [0.15, 0.2) is 46.9 Å². The van der Waals surface area contributed by atoms with E-state index >= 15 is 0 Å². The average Bonchev–Trinajstić information content (AvgIpc) is 2.98. The molecule has 0 fully saturated rings. The van der Waals surface area contributed by atoms with Gasteiger partial charge in [0.05, 0.1) is 6.61 Å². The van der Waals surface area contributed by atoms with E-state index in [-0.39, 0.29) is 12.6 Å². The second kappa shape index (κ2) is 6.30. The summed E-state index contributed by atoms with van der Waals surface area (Å²) in [6.45, 7) is 2.15. The highest BCUT2D eigenvalue weighted by Gasteiger charge is 2.10. The molecule has 3 rings (SSSR count). The van der Waals surface area contributed by atoms with Crippen LogP contribution in [-0.2, 0) is 6.61 Å². The molecule has 5 nitrogen and oxygen atoms in total. The van der Waals surface area contributed by atoms with Gasteiger partial charge < -0.3 is 19.7 Å². The molecule has 0 aliphatic carbocycles. The van der Waals surface area contributed by atoms with Crippen LogP contribution in [0.4, 0.5) is 11.7 Å². The Kier molecular flexibility index (Phi) is 4.21. The minimum absolute atomic E-state index is 0.0543. The van der Waals surface area contributed by atoms with Crippen molar-refractivity contribution >= 4 is 22.8 Å². The molecule has 1 heterocycles. The van der Waals surface area contributed by atoms with Gasteiger partial charge in [-0.25, -0.2) is 0 Å². The molecule has 1 aromatic heterocycles. The number of rotatable bonds is 5. The van der Waals surface area contributed by atoms with Crippen molar-refractivity contribution in [3.63, 3.8) is 0 Å². The highest BCUT2D eigenvalue weighted by atomic mass is 16.4. The number of nitrogens with zero attached hydrogens (tertiary/aromatic N) is 2.